The number of hydrogen-bond acceptors (Lipinski definition) is 5. The van der Waals surface area contributed by atoms with Gasteiger partial charge >= 0.3 is 0 Å². The summed E-state index contributed by atoms with van der Waals surface area (Å²) in [7, 11) is -4.81. The molecule has 7 nitrogen and oxygen atoms in total. The molecular weight excluding hydrogens is 362 g/mol. The second-order valence-electron chi connectivity index (χ2n) is 5.47. The summed E-state index contributed by atoms with van der Waals surface area (Å²) < 4.78 is 52.5. The van der Waals surface area contributed by atoms with Crippen LogP contribution in [-0.2, 0) is 20.0 Å². The number of sulfonamides is 2. The number of nitrogens with one attached hydrogen (secondary N) is 1. The highest BCUT2D eigenvalue weighted by atomic mass is 32.2. The molecule has 0 unspecified atom stereocenters. The first-order valence-corrected chi connectivity index (χ1v) is 10.1. The van der Waals surface area contributed by atoms with E-state index in [0.29, 0.717) is 5.56 Å². The molecule has 2 aromatic rings. The van der Waals surface area contributed by atoms with E-state index >= 15 is 0 Å². The van der Waals surface area contributed by atoms with E-state index in [1.807, 2.05) is 6.07 Å². The molecule has 0 atom stereocenters. The van der Waals surface area contributed by atoms with Crippen molar-refractivity contribution in [3.8, 4) is 6.07 Å². The molecule has 0 spiro atoms. The minimum Gasteiger partial charge on any atom is -0.278 e. The SMILES string of the molecule is Cc1cccc(NS(=O)(=O)c2ccc(S(=O)(=O)N(C)C)cc2)c1C#N. The van der Waals surface area contributed by atoms with Gasteiger partial charge in [-0.1, -0.05) is 12.1 Å². The first-order valence-electron chi connectivity index (χ1n) is 7.15. The van der Waals surface area contributed by atoms with Gasteiger partial charge < -0.3 is 0 Å². The molecule has 2 rings (SSSR count). The molecule has 0 saturated heterocycles. The Morgan fingerprint density at radius 3 is 2.04 bits per heavy atom. The molecule has 0 aliphatic rings. The van der Waals surface area contributed by atoms with Gasteiger partial charge in [0.15, 0.2) is 0 Å². The van der Waals surface area contributed by atoms with Gasteiger partial charge in [-0.05, 0) is 42.8 Å². The van der Waals surface area contributed by atoms with Crippen LogP contribution in [0.2, 0.25) is 0 Å². The van der Waals surface area contributed by atoms with Crippen LogP contribution in [0.1, 0.15) is 11.1 Å². The molecule has 0 bridgehead atoms. The number of anilines is 1. The maximum atomic E-state index is 12.5. The molecule has 9 heteroatoms. The Balaban J connectivity index is 2.39. The zero-order valence-electron chi connectivity index (χ0n) is 13.9. The summed E-state index contributed by atoms with van der Waals surface area (Å²) >= 11 is 0. The van der Waals surface area contributed by atoms with Crippen molar-refractivity contribution in [1.29, 1.82) is 5.26 Å². The lowest BCUT2D eigenvalue weighted by atomic mass is 10.1. The predicted molar refractivity (Wildman–Crippen MR) is 94.0 cm³/mol. The quantitative estimate of drug-likeness (QED) is 0.854. The predicted octanol–water partition coefficient (Wildman–Crippen LogP) is 1.92. The van der Waals surface area contributed by atoms with Gasteiger partial charge in [0.2, 0.25) is 10.0 Å². The van der Waals surface area contributed by atoms with Crippen LogP contribution in [-0.4, -0.2) is 35.2 Å². The smallest absolute Gasteiger partial charge is 0.261 e. The van der Waals surface area contributed by atoms with E-state index < -0.39 is 20.0 Å². The third-order valence-electron chi connectivity index (χ3n) is 3.54. The van der Waals surface area contributed by atoms with Crippen LogP contribution in [0.4, 0.5) is 5.69 Å². The molecule has 0 amide bonds. The van der Waals surface area contributed by atoms with E-state index in [2.05, 4.69) is 4.72 Å². The molecule has 25 heavy (non-hydrogen) atoms. The fourth-order valence-corrected chi connectivity index (χ4v) is 4.08. The van der Waals surface area contributed by atoms with Gasteiger partial charge in [-0.2, -0.15) is 5.26 Å². The van der Waals surface area contributed by atoms with E-state index in [0.717, 1.165) is 4.31 Å². The van der Waals surface area contributed by atoms with Crippen LogP contribution in [0, 0.1) is 18.3 Å². The van der Waals surface area contributed by atoms with Crippen LogP contribution in [0.3, 0.4) is 0 Å². The fraction of sp³-hybridized carbons (Fsp3) is 0.188. The minimum atomic E-state index is -3.95. The lowest BCUT2D eigenvalue weighted by Crippen LogP contribution is -2.22. The molecule has 0 aliphatic carbocycles. The van der Waals surface area contributed by atoms with Gasteiger partial charge in [0.25, 0.3) is 10.0 Å². The van der Waals surface area contributed by atoms with E-state index in [4.69, 9.17) is 0 Å². The fourth-order valence-electron chi connectivity index (χ4n) is 2.11. The van der Waals surface area contributed by atoms with Crippen LogP contribution in [0.5, 0.6) is 0 Å². The van der Waals surface area contributed by atoms with Crippen molar-refractivity contribution >= 4 is 25.7 Å². The summed E-state index contributed by atoms with van der Waals surface area (Å²) in [6, 6.07) is 11.7. The normalized spacial score (nSPS) is 12.0. The highest BCUT2D eigenvalue weighted by Crippen LogP contribution is 2.23. The summed E-state index contributed by atoms with van der Waals surface area (Å²) in [6.07, 6.45) is 0. The highest BCUT2D eigenvalue weighted by Gasteiger charge is 2.20. The lowest BCUT2D eigenvalue weighted by Gasteiger charge is -2.13. The first-order chi connectivity index (χ1) is 11.6. The van der Waals surface area contributed by atoms with Gasteiger partial charge in [-0.25, -0.2) is 21.1 Å². The van der Waals surface area contributed by atoms with Gasteiger partial charge in [0, 0.05) is 14.1 Å². The number of rotatable bonds is 5. The Morgan fingerprint density at radius 1 is 0.960 bits per heavy atom. The standard InChI is InChI=1S/C16H17N3O4S2/c1-12-5-4-6-16(15(12)11-17)18-24(20,21)13-7-9-14(10-8-13)25(22,23)19(2)3/h4-10,18H,1-3H3. The molecule has 0 aromatic heterocycles. The summed E-state index contributed by atoms with van der Waals surface area (Å²) in [6.45, 7) is 1.71. The topological polar surface area (TPSA) is 107 Å². The number of hydrogen-bond donors (Lipinski definition) is 1. The van der Waals surface area contributed by atoms with Crippen molar-refractivity contribution in [3.63, 3.8) is 0 Å². The number of benzene rings is 2. The largest absolute Gasteiger partial charge is 0.278 e. The molecule has 1 N–H and O–H groups in total. The molecule has 0 fully saturated rings. The van der Waals surface area contributed by atoms with Gasteiger partial charge in [-0.15, -0.1) is 0 Å². The zero-order valence-corrected chi connectivity index (χ0v) is 15.5. The van der Waals surface area contributed by atoms with Crippen molar-refractivity contribution in [2.75, 3.05) is 18.8 Å². The molecule has 0 radical (unpaired) electrons. The molecule has 0 aliphatic heterocycles. The monoisotopic (exact) mass is 379 g/mol. The molecule has 0 heterocycles. The van der Waals surface area contributed by atoms with Gasteiger partial charge in [0.05, 0.1) is 21.0 Å². The van der Waals surface area contributed by atoms with Crippen LogP contribution < -0.4 is 4.72 Å². The number of nitriles is 1. The zero-order chi connectivity index (χ0) is 18.8. The van der Waals surface area contributed by atoms with E-state index in [-0.39, 0.29) is 21.0 Å². The molecule has 132 valence electrons. The van der Waals surface area contributed by atoms with Gasteiger partial charge in [0.1, 0.15) is 6.07 Å². The molecule has 0 saturated carbocycles. The maximum absolute atomic E-state index is 12.5. The second-order valence-corrected chi connectivity index (χ2v) is 9.31. The third kappa shape index (κ3) is 3.82. The van der Waals surface area contributed by atoms with Crippen molar-refractivity contribution < 1.29 is 16.8 Å². The van der Waals surface area contributed by atoms with Crippen LogP contribution in [0.15, 0.2) is 52.3 Å². The van der Waals surface area contributed by atoms with Crippen LogP contribution >= 0.6 is 0 Å². The summed E-state index contributed by atoms with van der Waals surface area (Å²) in [5.74, 6) is 0. The van der Waals surface area contributed by atoms with Crippen molar-refractivity contribution in [3.05, 3.63) is 53.6 Å². The summed E-state index contributed by atoms with van der Waals surface area (Å²) in [4.78, 5) is -0.111. The third-order valence-corrected chi connectivity index (χ3v) is 6.75. The number of aryl methyl sites for hydroxylation is 1. The van der Waals surface area contributed by atoms with Crippen molar-refractivity contribution in [2.45, 2.75) is 16.7 Å². The van der Waals surface area contributed by atoms with Crippen molar-refractivity contribution in [1.82, 2.24) is 4.31 Å². The van der Waals surface area contributed by atoms with E-state index in [1.165, 1.54) is 44.4 Å². The summed E-state index contributed by atoms with van der Waals surface area (Å²) in [5, 5.41) is 9.19. The minimum absolute atomic E-state index is 0.00952. The highest BCUT2D eigenvalue weighted by molar-refractivity contribution is 7.92. The Morgan fingerprint density at radius 2 is 1.52 bits per heavy atom. The average molecular weight is 379 g/mol. The maximum Gasteiger partial charge on any atom is 0.261 e. The second kappa shape index (κ2) is 6.84. The van der Waals surface area contributed by atoms with E-state index in [9.17, 15) is 22.1 Å². The lowest BCUT2D eigenvalue weighted by molar-refractivity contribution is 0.520. The Kier molecular flexibility index (Phi) is 5.17. The Bertz CT molecular complexity index is 1040. The van der Waals surface area contributed by atoms with Gasteiger partial charge in [-0.3, -0.25) is 4.72 Å². The molecular formula is C16H17N3O4S2. The summed E-state index contributed by atoms with van der Waals surface area (Å²) in [5.41, 5.74) is 1.06. The molecule has 2 aromatic carbocycles. The first kappa shape index (κ1) is 18.9. The number of nitrogens with zero attached hydrogens (tertiary/aromatic N) is 2. The van der Waals surface area contributed by atoms with Crippen LogP contribution in [0.25, 0.3) is 0 Å². The Labute approximate surface area is 147 Å². The average Bonchev–Trinajstić information content (AvgIpc) is 2.54. The van der Waals surface area contributed by atoms with E-state index in [1.54, 1.807) is 19.1 Å². The van der Waals surface area contributed by atoms with Crippen molar-refractivity contribution in [2.24, 2.45) is 0 Å². The Hall–Kier alpha value is -2.41.